The van der Waals surface area contributed by atoms with Gasteiger partial charge in [-0.15, -0.1) is 10.2 Å². The highest BCUT2D eigenvalue weighted by atomic mass is 35.5. The number of likely N-dealkylation sites (tertiary alicyclic amines) is 1. The number of halogens is 1. The summed E-state index contributed by atoms with van der Waals surface area (Å²) in [6.45, 7) is 8.19. The quantitative estimate of drug-likeness (QED) is 0.747. The van der Waals surface area contributed by atoms with Crippen molar-refractivity contribution in [3.05, 3.63) is 47.0 Å². The second kappa shape index (κ2) is 8.44. The molecule has 2 aromatic rings. The van der Waals surface area contributed by atoms with Crippen LogP contribution in [0.4, 0.5) is 0 Å². The van der Waals surface area contributed by atoms with E-state index in [9.17, 15) is 4.79 Å². The number of hydrogen-bond acceptors (Lipinski definition) is 4. The number of carbonyl (C=O) groups excluding carboxylic acids is 1. The maximum absolute atomic E-state index is 13.2. The normalized spacial score (nSPS) is 21.2. The summed E-state index contributed by atoms with van der Waals surface area (Å²) in [6.07, 6.45) is 4.05. The van der Waals surface area contributed by atoms with E-state index in [1.807, 2.05) is 35.5 Å². The molecular weight excluding hydrogens is 388 g/mol. The van der Waals surface area contributed by atoms with Crippen molar-refractivity contribution in [3.8, 4) is 0 Å². The van der Waals surface area contributed by atoms with Crippen molar-refractivity contribution < 1.29 is 9.53 Å². The summed E-state index contributed by atoms with van der Waals surface area (Å²) < 4.78 is 7.84. The van der Waals surface area contributed by atoms with E-state index in [0.717, 1.165) is 50.5 Å². The summed E-state index contributed by atoms with van der Waals surface area (Å²) >= 11 is 6.29. The summed E-state index contributed by atoms with van der Waals surface area (Å²) in [5.74, 6) is 1.83. The Morgan fingerprint density at radius 1 is 1.31 bits per heavy atom. The van der Waals surface area contributed by atoms with E-state index in [-0.39, 0.29) is 17.2 Å². The molecule has 0 bridgehead atoms. The topological polar surface area (TPSA) is 60.2 Å². The van der Waals surface area contributed by atoms with E-state index in [1.165, 1.54) is 0 Å². The Morgan fingerprint density at radius 3 is 2.79 bits per heavy atom. The summed E-state index contributed by atoms with van der Waals surface area (Å²) in [5, 5.41) is 9.36. The second-order valence-electron chi connectivity index (χ2n) is 8.81. The van der Waals surface area contributed by atoms with Gasteiger partial charge in [0.2, 0.25) is 5.91 Å². The van der Waals surface area contributed by atoms with Gasteiger partial charge in [-0.05, 0) is 30.4 Å². The lowest BCUT2D eigenvalue weighted by Crippen LogP contribution is -2.38. The van der Waals surface area contributed by atoms with Crippen molar-refractivity contribution in [2.75, 3.05) is 26.3 Å². The fraction of sp³-hybridized carbons (Fsp3) is 0.591. The first-order chi connectivity index (χ1) is 14.0. The van der Waals surface area contributed by atoms with Gasteiger partial charge in [0.1, 0.15) is 12.2 Å². The number of carbonyl (C=O) groups is 1. The molecule has 7 heteroatoms. The van der Waals surface area contributed by atoms with E-state index in [4.69, 9.17) is 16.3 Å². The van der Waals surface area contributed by atoms with Gasteiger partial charge in [0.25, 0.3) is 0 Å². The maximum Gasteiger partial charge on any atom is 0.227 e. The number of nitrogens with zero attached hydrogens (tertiary/aromatic N) is 4. The molecule has 1 unspecified atom stereocenters. The lowest BCUT2D eigenvalue weighted by Gasteiger charge is -2.37. The monoisotopic (exact) mass is 416 g/mol. The van der Waals surface area contributed by atoms with Gasteiger partial charge in [-0.2, -0.15) is 0 Å². The summed E-state index contributed by atoms with van der Waals surface area (Å²) in [7, 11) is 0. The molecule has 6 nitrogen and oxygen atoms in total. The SMILES string of the molecule is CC(C)Cn1cnnc1C1CN(C(=O)Cc2ccccc2Cl)CC12CCOCC2. The number of ether oxygens (including phenoxy) is 1. The molecule has 156 valence electrons. The highest BCUT2D eigenvalue weighted by Gasteiger charge is 2.50. The van der Waals surface area contributed by atoms with Crippen LogP contribution in [-0.2, 0) is 22.5 Å². The van der Waals surface area contributed by atoms with Crippen LogP contribution in [0.25, 0.3) is 0 Å². The van der Waals surface area contributed by atoms with Crippen molar-refractivity contribution in [1.29, 1.82) is 0 Å². The first kappa shape index (κ1) is 20.4. The predicted octanol–water partition coefficient (Wildman–Crippen LogP) is 3.55. The smallest absolute Gasteiger partial charge is 0.227 e. The number of aromatic nitrogens is 3. The van der Waals surface area contributed by atoms with Crippen LogP contribution in [0.2, 0.25) is 5.02 Å². The lowest BCUT2D eigenvalue weighted by atomic mass is 9.71. The van der Waals surface area contributed by atoms with Gasteiger partial charge in [0.15, 0.2) is 0 Å². The Labute approximate surface area is 177 Å². The lowest BCUT2D eigenvalue weighted by molar-refractivity contribution is -0.130. The first-order valence-electron chi connectivity index (χ1n) is 10.5. The molecule has 2 saturated heterocycles. The average Bonchev–Trinajstić information content (AvgIpc) is 3.28. The van der Waals surface area contributed by atoms with Crippen LogP contribution in [-0.4, -0.2) is 51.9 Å². The minimum absolute atomic E-state index is 0.0101. The molecule has 0 aliphatic carbocycles. The zero-order valence-electron chi connectivity index (χ0n) is 17.2. The molecule has 2 aliphatic rings. The number of benzene rings is 1. The summed E-state index contributed by atoms with van der Waals surface area (Å²) in [6, 6.07) is 7.58. The third-order valence-electron chi connectivity index (χ3n) is 6.31. The van der Waals surface area contributed by atoms with Gasteiger partial charge in [-0.25, -0.2) is 0 Å². The third-order valence-corrected chi connectivity index (χ3v) is 6.68. The van der Waals surface area contributed by atoms with Crippen LogP contribution in [0.5, 0.6) is 0 Å². The highest BCUT2D eigenvalue weighted by molar-refractivity contribution is 6.31. The Morgan fingerprint density at radius 2 is 2.07 bits per heavy atom. The zero-order valence-corrected chi connectivity index (χ0v) is 17.9. The van der Waals surface area contributed by atoms with Crippen molar-refractivity contribution in [3.63, 3.8) is 0 Å². The number of hydrogen-bond donors (Lipinski definition) is 0. The Kier molecular flexibility index (Phi) is 5.93. The predicted molar refractivity (Wildman–Crippen MR) is 112 cm³/mol. The van der Waals surface area contributed by atoms with E-state index < -0.39 is 0 Å². The van der Waals surface area contributed by atoms with Crippen molar-refractivity contribution in [2.45, 2.75) is 45.6 Å². The minimum atomic E-state index is 0.0101. The molecule has 2 fully saturated rings. The summed E-state index contributed by atoms with van der Waals surface area (Å²) in [4.78, 5) is 15.2. The summed E-state index contributed by atoms with van der Waals surface area (Å²) in [5.41, 5.74) is 0.891. The third kappa shape index (κ3) is 4.19. The van der Waals surface area contributed by atoms with E-state index in [1.54, 1.807) is 0 Å². The molecule has 1 spiro atoms. The molecule has 4 rings (SSSR count). The van der Waals surface area contributed by atoms with Crippen LogP contribution in [0.1, 0.15) is 44.0 Å². The Hall–Kier alpha value is -1.92. The van der Waals surface area contributed by atoms with Crippen LogP contribution in [0.15, 0.2) is 30.6 Å². The van der Waals surface area contributed by atoms with Crippen molar-refractivity contribution in [2.24, 2.45) is 11.3 Å². The molecule has 29 heavy (non-hydrogen) atoms. The van der Waals surface area contributed by atoms with Gasteiger partial charge in [0, 0.05) is 49.2 Å². The molecule has 1 aromatic heterocycles. The molecule has 0 saturated carbocycles. The van der Waals surface area contributed by atoms with Crippen molar-refractivity contribution in [1.82, 2.24) is 19.7 Å². The fourth-order valence-corrected chi connectivity index (χ4v) is 4.99. The van der Waals surface area contributed by atoms with Crippen LogP contribution >= 0.6 is 11.6 Å². The maximum atomic E-state index is 13.2. The van der Waals surface area contributed by atoms with E-state index >= 15 is 0 Å². The van der Waals surface area contributed by atoms with Gasteiger partial charge in [0.05, 0.1) is 6.42 Å². The fourth-order valence-electron chi connectivity index (χ4n) is 4.78. The highest BCUT2D eigenvalue weighted by Crippen LogP contribution is 2.49. The molecule has 0 radical (unpaired) electrons. The molecule has 1 amide bonds. The second-order valence-corrected chi connectivity index (χ2v) is 9.21. The molecule has 3 heterocycles. The van der Waals surface area contributed by atoms with Crippen LogP contribution < -0.4 is 0 Å². The zero-order chi connectivity index (χ0) is 20.4. The molecule has 0 N–H and O–H groups in total. The first-order valence-corrected chi connectivity index (χ1v) is 10.8. The standard InChI is InChI=1S/C22H29ClN4O2/c1-16(2)12-27-15-24-25-21(27)18-13-26(14-22(18)7-9-29-10-8-22)20(28)11-17-5-3-4-6-19(17)23/h3-6,15-16,18H,7-14H2,1-2H3. The van der Waals surface area contributed by atoms with Crippen molar-refractivity contribution >= 4 is 17.5 Å². The molecular formula is C22H29ClN4O2. The van der Waals surface area contributed by atoms with Gasteiger partial charge < -0.3 is 14.2 Å². The number of amides is 1. The molecule has 1 aromatic carbocycles. The Balaban J connectivity index is 1.59. The molecule has 2 aliphatic heterocycles. The Bertz CT molecular complexity index is 860. The van der Waals surface area contributed by atoms with Crippen LogP contribution in [0, 0.1) is 11.3 Å². The average molecular weight is 417 g/mol. The van der Waals surface area contributed by atoms with Gasteiger partial charge in [-0.1, -0.05) is 43.6 Å². The van der Waals surface area contributed by atoms with E-state index in [0.29, 0.717) is 23.9 Å². The largest absolute Gasteiger partial charge is 0.381 e. The van der Waals surface area contributed by atoms with Crippen LogP contribution in [0.3, 0.4) is 0 Å². The van der Waals surface area contributed by atoms with E-state index in [2.05, 4.69) is 28.6 Å². The molecule has 1 atom stereocenters. The minimum Gasteiger partial charge on any atom is -0.381 e. The number of rotatable bonds is 5. The van der Waals surface area contributed by atoms with Gasteiger partial charge in [-0.3, -0.25) is 4.79 Å². The van der Waals surface area contributed by atoms with Gasteiger partial charge >= 0.3 is 0 Å².